The van der Waals surface area contributed by atoms with Gasteiger partial charge in [0.25, 0.3) is 5.91 Å². The van der Waals surface area contributed by atoms with Crippen molar-refractivity contribution < 1.29 is 9.59 Å². The Morgan fingerprint density at radius 3 is 2.88 bits per heavy atom. The lowest BCUT2D eigenvalue weighted by Gasteiger charge is -2.12. The number of hydrogen-bond acceptors (Lipinski definition) is 3. The zero-order chi connectivity index (χ0) is 12.4. The molecule has 1 aromatic carbocycles. The summed E-state index contributed by atoms with van der Waals surface area (Å²) >= 11 is 0. The van der Waals surface area contributed by atoms with E-state index in [4.69, 9.17) is 0 Å². The van der Waals surface area contributed by atoms with E-state index in [1.807, 2.05) is 13.0 Å². The molecule has 5 heteroatoms. The Labute approximate surface area is 99.6 Å². The predicted molar refractivity (Wildman–Crippen MR) is 66.2 cm³/mol. The van der Waals surface area contributed by atoms with Gasteiger partial charge in [0.15, 0.2) is 0 Å². The Hall–Kier alpha value is -2.04. The molecule has 90 valence electrons. The maximum Gasteiger partial charge on any atom is 0.251 e. The molecule has 1 unspecified atom stereocenters. The topological polar surface area (TPSA) is 70.2 Å². The van der Waals surface area contributed by atoms with Gasteiger partial charge < -0.3 is 16.0 Å². The van der Waals surface area contributed by atoms with Crippen molar-refractivity contribution in [2.24, 2.45) is 0 Å². The molecule has 1 heterocycles. The zero-order valence-corrected chi connectivity index (χ0v) is 9.83. The second kappa shape index (κ2) is 4.45. The Kier molecular flexibility index (Phi) is 2.99. The SMILES string of the molecule is CNC(=O)c1ccc2c(c1)NC(=O)CC(C)N2. The van der Waals surface area contributed by atoms with E-state index in [9.17, 15) is 9.59 Å². The number of anilines is 2. The first kappa shape index (κ1) is 11.4. The third-order valence-corrected chi connectivity index (χ3v) is 2.68. The fraction of sp³-hybridized carbons (Fsp3) is 0.333. The molecule has 0 aliphatic carbocycles. The molecule has 0 fully saturated rings. The fourth-order valence-electron chi connectivity index (χ4n) is 1.85. The third kappa shape index (κ3) is 2.38. The van der Waals surface area contributed by atoms with E-state index >= 15 is 0 Å². The summed E-state index contributed by atoms with van der Waals surface area (Å²) in [4.78, 5) is 23.0. The molecule has 0 bridgehead atoms. The van der Waals surface area contributed by atoms with Crippen molar-refractivity contribution in [3.8, 4) is 0 Å². The first-order chi connectivity index (χ1) is 8.10. The normalized spacial score (nSPS) is 18.5. The lowest BCUT2D eigenvalue weighted by atomic mass is 10.1. The van der Waals surface area contributed by atoms with Crippen molar-refractivity contribution in [1.29, 1.82) is 0 Å². The Balaban J connectivity index is 2.38. The molecule has 2 amide bonds. The number of amides is 2. The molecular formula is C12H15N3O2. The van der Waals surface area contributed by atoms with Crippen LogP contribution in [0.1, 0.15) is 23.7 Å². The molecular weight excluding hydrogens is 218 g/mol. The highest BCUT2D eigenvalue weighted by molar-refractivity contribution is 6.00. The van der Waals surface area contributed by atoms with Crippen LogP contribution in [-0.4, -0.2) is 24.9 Å². The van der Waals surface area contributed by atoms with E-state index in [1.54, 1.807) is 19.2 Å². The van der Waals surface area contributed by atoms with Gasteiger partial charge in [0, 0.05) is 25.1 Å². The van der Waals surface area contributed by atoms with Crippen LogP contribution >= 0.6 is 0 Å². The van der Waals surface area contributed by atoms with Gasteiger partial charge in [-0.3, -0.25) is 9.59 Å². The Morgan fingerprint density at radius 2 is 2.18 bits per heavy atom. The number of benzene rings is 1. The molecule has 1 atom stereocenters. The highest BCUT2D eigenvalue weighted by Gasteiger charge is 2.18. The van der Waals surface area contributed by atoms with Gasteiger partial charge in [0.2, 0.25) is 5.91 Å². The monoisotopic (exact) mass is 233 g/mol. The molecule has 1 aliphatic rings. The molecule has 3 N–H and O–H groups in total. The first-order valence-corrected chi connectivity index (χ1v) is 5.52. The summed E-state index contributed by atoms with van der Waals surface area (Å²) in [5.41, 5.74) is 2.03. The van der Waals surface area contributed by atoms with Crippen molar-refractivity contribution in [3.63, 3.8) is 0 Å². The van der Waals surface area contributed by atoms with Crippen molar-refractivity contribution in [2.75, 3.05) is 17.7 Å². The number of carbonyl (C=O) groups excluding carboxylic acids is 2. The van der Waals surface area contributed by atoms with Gasteiger partial charge in [-0.2, -0.15) is 0 Å². The third-order valence-electron chi connectivity index (χ3n) is 2.68. The highest BCUT2D eigenvalue weighted by atomic mass is 16.2. The molecule has 5 nitrogen and oxygen atoms in total. The predicted octanol–water partition coefficient (Wildman–Crippen LogP) is 1.19. The number of rotatable bonds is 1. The van der Waals surface area contributed by atoms with E-state index < -0.39 is 0 Å². The summed E-state index contributed by atoms with van der Waals surface area (Å²) < 4.78 is 0. The van der Waals surface area contributed by atoms with E-state index in [2.05, 4.69) is 16.0 Å². The summed E-state index contributed by atoms with van der Waals surface area (Å²) in [5, 5.41) is 8.56. The second-order valence-electron chi connectivity index (χ2n) is 4.14. The quantitative estimate of drug-likeness (QED) is 0.682. The number of hydrogen-bond donors (Lipinski definition) is 3. The summed E-state index contributed by atoms with van der Waals surface area (Å²) in [5.74, 6) is -0.211. The van der Waals surface area contributed by atoms with Gasteiger partial charge in [-0.15, -0.1) is 0 Å². The average molecular weight is 233 g/mol. The number of nitrogens with one attached hydrogen (secondary N) is 3. The highest BCUT2D eigenvalue weighted by Crippen LogP contribution is 2.27. The van der Waals surface area contributed by atoms with Gasteiger partial charge >= 0.3 is 0 Å². The van der Waals surface area contributed by atoms with Gasteiger partial charge in [-0.1, -0.05) is 0 Å². The maximum absolute atomic E-state index is 11.6. The van der Waals surface area contributed by atoms with E-state index in [0.717, 1.165) is 5.69 Å². The minimum absolute atomic E-state index is 0.0437. The van der Waals surface area contributed by atoms with Crippen molar-refractivity contribution in [1.82, 2.24) is 5.32 Å². The standard InChI is InChI=1S/C12H15N3O2/c1-7-5-11(16)15-10-6-8(12(17)13-2)3-4-9(10)14-7/h3-4,6-7,14H,5H2,1-2H3,(H,13,17)(H,15,16). The van der Waals surface area contributed by atoms with Gasteiger partial charge in [-0.25, -0.2) is 0 Å². The molecule has 0 saturated heterocycles. The first-order valence-electron chi connectivity index (χ1n) is 5.52. The minimum atomic E-state index is -0.167. The van der Waals surface area contributed by atoms with Crippen LogP contribution in [0.15, 0.2) is 18.2 Å². The molecule has 17 heavy (non-hydrogen) atoms. The molecule has 0 spiro atoms. The average Bonchev–Trinajstić information content (AvgIpc) is 2.43. The van der Waals surface area contributed by atoms with Gasteiger partial charge in [0.1, 0.15) is 0 Å². The molecule has 0 aromatic heterocycles. The largest absolute Gasteiger partial charge is 0.380 e. The summed E-state index contributed by atoms with van der Waals surface area (Å²) in [6.45, 7) is 1.95. The molecule has 0 radical (unpaired) electrons. The van der Waals surface area contributed by atoms with Crippen LogP contribution in [0.3, 0.4) is 0 Å². The lowest BCUT2D eigenvalue weighted by Crippen LogP contribution is -2.18. The fourth-order valence-corrected chi connectivity index (χ4v) is 1.85. The van der Waals surface area contributed by atoms with Crippen molar-refractivity contribution in [3.05, 3.63) is 23.8 Å². The zero-order valence-electron chi connectivity index (χ0n) is 9.83. The number of carbonyl (C=O) groups is 2. The summed E-state index contributed by atoms with van der Waals surface area (Å²) in [6.07, 6.45) is 0.421. The summed E-state index contributed by atoms with van der Waals surface area (Å²) in [7, 11) is 1.58. The lowest BCUT2D eigenvalue weighted by molar-refractivity contribution is -0.116. The molecule has 1 aliphatic heterocycles. The van der Waals surface area contributed by atoms with Crippen LogP contribution in [-0.2, 0) is 4.79 Å². The smallest absolute Gasteiger partial charge is 0.251 e. The second-order valence-corrected chi connectivity index (χ2v) is 4.14. The van der Waals surface area contributed by atoms with Crippen LogP contribution in [0.4, 0.5) is 11.4 Å². The Morgan fingerprint density at radius 1 is 1.41 bits per heavy atom. The molecule has 2 rings (SSSR count). The van der Waals surface area contributed by atoms with Gasteiger partial charge in [0.05, 0.1) is 11.4 Å². The molecule has 1 aromatic rings. The van der Waals surface area contributed by atoms with E-state index in [1.165, 1.54) is 0 Å². The Bertz CT molecular complexity index is 471. The van der Waals surface area contributed by atoms with Crippen LogP contribution in [0.2, 0.25) is 0 Å². The van der Waals surface area contributed by atoms with E-state index in [-0.39, 0.29) is 17.9 Å². The molecule has 0 saturated carbocycles. The van der Waals surface area contributed by atoms with Crippen LogP contribution in [0.5, 0.6) is 0 Å². The maximum atomic E-state index is 11.6. The van der Waals surface area contributed by atoms with Crippen LogP contribution in [0.25, 0.3) is 0 Å². The van der Waals surface area contributed by atoms with Gasteiger partial charge in [-0.05, 0) is 25.1 Å². The van der Waals surface area contributed by atoms with Crippen LogP contribution in [0, 0.1) is 0 Å². The summed E-state index contributed by atoms with van der Waals surface area (Å²) in [6, 6.07) is 5.30. The minimum Gasteiger partial charge on any atom is -0.380 e. The van der Waals surface area contributed by atoms with Crippen molar-refractivity contribution >= 4 is 23.2 Å². The van der Waals surface area contributed by atoms with Crippen LogP contribution < -0.4 is 16.0 Å². The van der Waals surface area contributed by atoms with E-state index in [0.29, 0.717) is 17.7 Å². The number of fused-ring (bicyclic) bond motifs is 1. The van der Waals surface area contributed by atoms with Crippen molar-refractivity contribution in [2.45, 2.75) is 19.4 Å².